The average Bonchev–Trinajstić information content (AvgIpc) is 3.00. The molecule has 2 rings (SSSR count). The van der Waals surface area contributed by atoms with Crippen LogP contribution in [-0.4, -0.2) is 18.6 Å². The van der Waals surface area contributed by atoms with Gasteiger partial charge < -0.3 is 10.1 Å². The number of ether oxygens (including phenoxy) is 1. The molecular formula is C13H17NO2. The molecule has 1 amide bonds. The van der Waals surface area contributed by atoms with Gasteiger partial charge in [-0.25, -0.2) is 0 Å². The standard InChI is InChI=1S/C13H17NO2/c1-13(2,3)9-4-6-10(7-5-9)14-12(15)11-8-16-11/h4-7,11H,8H2,1-3H3,(H,14,15). The van der Waals surface area contributed by atoms with Crippen LogP contribution in [0.3, 0.4) is 0 Å². The van der Waals surface area contributed by atoms with Crippen molar-refractivity contribution in [1.82, 2.24) is 0 Å². The van der Waals surface area contributed by atoms with Crippen LogP contribution in [0.5, 0.6) is 0 Å². The first-order valence-corrected chi connectivity index (χ1v) is 5.50. The van der Waals surface area contributed by atoms with Crippen LogP contribution in [0.1, 0.15) is 26.3 Å². The normalized spacial score (nSPS) is 19.3. The summed E-state index contributed by atoms with van der Waals surface area (Å²) in [5.74, 6) is -0.0523. The summed E-state index contributed by atoms with van der Waals surface area (Å²) in [6.07, 6.45) is -0.234. The summed E-state index contributed by atoms with van der Waals surface area (Å²) in [6, 6.07) is 7.95. The zero-order valence-electron chi connectivity index (χ0n) is 9.91. The predicted octanol–water partition coefficient (Wildman–Crippen LogP) is 2.32. The highest BCUT2D eigenvalue weighted by atomic mass is 16.6. The SMILES string of the molecule is CC(C)(C)c1ccc(NC(=O)C2CO2)cc1. The Labute approximate surface area is 95.8 Å². The minimum Gasteiger partial charge on any atom is -0.363 e. The summed E-state index contributed by atoms with van der Waals surface area (Å²) in [4.78, 5) is 11.4. The minimum absolute atomic E-state index is 0.0523. The van der Waals surface area contributed by atoms with Crippen molar-refractivity contribution in [2.45, 2.75) is 32.3 Å². The van der Waals surface area contributed by atoms with E-state index in [1.165, 1.54) is 5.56 Å². The molecule has 86 valence electrons. The average molecular weight is 219 g/mol. The number of carbonyl (C=O) groups excluding carboxylic acids is 1. The summed E-state index contributed by atoms with van der Waals surface area (Å²) in [5.41, 5.74) is 2.23. The predicted molar refractivity (Wildman–Crippen MR) is 63.5 cm³/mol. The van der Waals surface area contributed by atoms with Gasteiger partial charge >= 0.3 is 0 Å². The second-order valence-corrected chi connectivity index (χ2v) is 5.14. The van der Waals surface area contributed by atoms with E-state index in [9.17, 15) is 4.79 Å². The van der Waals surface area contributed by atoms with Gasteiger partial charge in [0.05, 0.1) is 6.61 Å². The van der Waals surface area contributed by atoms with E-state index in [4.69, 9.17) is 4.74 Å². The van der Waals surface area contributed by atoms with Crippen LogP contribution in [0.2, 0.25) is 0 Å². The van der Waals surface area contributed by atoms with E-state index in [2.05, 4.69) is 26.1 Å². The third kappa shape index (κ3) is 2.61. The van der Waals surface area contributed by atoms with E-state index in [1.54, 1.807) is 0 Å². The molecule has 1 atom stereocenters. The van der Waals surface area contributed by atoms with Crippen LogP contribution < -0.4 is 5.32 Å². The van der Waals surface area contributed by atoms with Crippen molar-refractivity contribution >= 4 is 11.6 Å². The van der Waals surface area contributed by atoms with Crippen molar-refractivity contribution in [2.24, 2.45) is 0 Å². The molecule has 1 aromatic carbocycles. The highest BCUT2D eigenvalue weighted by Crippen LogP contribution is 2.23. The van der Waals surface area contributed by atoms with E-state index in [-0.39, 0.29) is 17.4 Å². The fourth-order valence-corrected chi connectivity index (χ4v) is 1.48. The van der Waals surface area contributed by atoms with E-state index < -0.39 is 0 Å². The number of epoxide rings is 1. The molecule has 16 heavy (non-hydrogen) atoms. The molecule has 3 nitrogen and oxygen atoms in total. The number of nitrogens with one attached hydrogen (secondary N) is 1. The lowest BCUT2D eigenvalue weighted by molar-refractivity contribution is -0.117. The van der Waals surface area contributed by atoms with Gasteiger partial charge in [0.25, 0.3) is 5.91 Å². The lowest BCUT2D eigenvalue weighted by Crippen LogP contribution is -2.18. The lowest BCUT2D eigenvalue weighted by Gasteiger charge is -2.19. The van der Waals surface area contributed by atoms with Crippen LogP contribution in [0.15, 0.2) is 24.3 Å². The van der Waals surface area contributed by atoms with Crippen LogP contribution in [0, 0.1) is 0 Å². The largest absolute Gasteiger partial charge is 0.363 e. The maximum Gasteiger partial charge on any atom is 0.255 e. The minimum atomic E-state index is -0.234. The number of benzene rings is 1. The number of rotatable bonds is 2. The van der Waals surface area contributed by atoms with Gasteiger partial charge in [-0.05, 0) is 23.1 Å². The van der Waals surface area contributed by atoms with Gasteiger partial charge in [0.1, 0.15) is 0 Å². The van der Waals surface area contributed by atoms with Crippen LogP contribution in [-0.2, 0) is 14.9 Å². The van der Waals surface area contributed by atoms with Crippen LogP contribution in [0.4, 0.5) is 5.69 Å². The Morgan fingerprint density at radius 3 is 2.31 bits per heavy atom. The summed E-state index contributed by atoms with van der Waals surface area (Å²) in [6.45, 7) is 7.04. The topological polar surface area (TPSA) is 41.6 Å². The molecule has 1 heterocycles. The third-order valence-electron chi connectivity index (χ3n) is 2.64. The number of carbonyl (C=O) groups is 1. The Balaban J connectivity index is 2.04. The van der Waals surface area contributed by atoms with E-state index in [1.807, 2.05) is 24.3 Å². The summed E-state index contributed by atoms with van der Waals surface area (Å²) in [7, 11) is 0. The Bertz CT molecular complexity index is 385. The quantitative estimate of drug-likeness (QED) is 0.775. The number of amides is 1. The maximum absolute atomic E-state index is 11.4. The van der Waals surface area contributed by atoms with E-state index in [0.29, 0.717) is 6.61 Å². The van der Waals surface area contributed by atoms with Crippen LogP contribution >= 0.6 is 0 Å². The zero-order chi connectivity index (χ0) is 11.8. The highest BCUT2D eigenvalue weighted by molar-refractivity contribution is 5.95. The molecule has 3 heteroatoms. The molecule has 1 saturated heterocycles. The Morgan fingerprint density at radius 2 is 1.88 bits per heavy atom. The van der Waals surface area contributed by atoms with Gasteiger partial charge in [0, 0.05) is 5.69 Å². The molecule has 0 aliphatic carbocycles. The van der Waals surface area contributed by atoms with E-state index >= 15 is 0 Å². The molecular weight excluding hydrogens is 202 g/mol. The second-order valence-electron chi connectivity index (χ2n) is 5.14. The molecule has 0 aromatic heterocycles. The van der Waals surface area contributed by atoms with E-state index in [0.717, 1.165) is 5.69 Å². The first-order valence-electron chi connectivity index (χ1n) is 5.50. The zero-order valence-corrected chi connectivity index (χ0v) is 9.91. The molecule has 0 saturated carbocycles. The molecule has 1 N–H and O–H groups in total. The highest BCUT2D eigenvalue weighted by Gasteiger charge is 2.31. The van der Waals surface area contributed by atoms with Crippen molar-refractivity contribution in [3.63, 3.8) is 0 Å². The molecule has 1 aliphatic rings. The van der Waals surface area contributed by atoms with Crippen LogP contribution in [0.25, 0.3) is 0 Å². The molecule has 1 aliphatic heterocycles. The molecule has 1 fully saturated rings. The van der Waals surface area contributed by atoms with Gasteiger partial charge in [0.2, 0.25) is 0 Å². The van der Waals surface area contributed by atoms with Crippen molar-refractivity contribution in [3.05, 3.63) is 29.8 Å². The summed E-state index contributed by atoms with van der Waals surface area (Å²) < 4.78 is 4.91. The number of hydrogen-bond donors (Lipinski definition) is 1. The van der Waals surface area contributed by atoms with Gasteiger partial charge in [-0.15, -0.1) is 0 Å². The van der Waals surface area contributed by atoms with Crippen molar-refractivity contribution in [1.29, 1.82) is 0 Å². The second kappa shape index (κ2) is 3.91. The third-order valence-corrected chi connectivity index (χ3v) is 2.64. The fourth-order valence-electron chi connectivity index (χ4n) is 1.48. The Morgan fingerprint density at radius 1 is 1.31 bits per heavy atom. The van der Waals surface area contributed by atoms with Gasteiger partial charge in [-0.3, -0.25) is 4.79 Å². The lowest BCUT2D eigenvalue weighted by atomic mass is 9.87. The summed E-state index contributed by atoms with van der Waals surface area (Å²) in [5, 5.41) is 2.82. The van der Waals surface area contributed by atoms with Gasteiger partial charge in [-0.2, -0.15) is 0 Å². The van der Waals surface area contributed by atoms with Crippen molar-refractivity contribution < 1.29 is 9.53 Å². The van der Waals surface area contributed by atoms with Gasteiger partial charge in [-0.1, -0.05) is 32.9 Å². The number of hydrogen-bond acceptors (Lipinski definition) is 2. The molecule has 0 bridgehead atoms. The number of anilines is 1. The molecule has 1 unspecified atom stereocenters. The van der Waals surface area contributed by atoms with Gasteiger partial charge in [0.15, 0.2) is 6.10 Å². The molecule has 0 spiro atoms. The first-order chi connectivity index (χ1) is 7.47. The van der Waals surface area contributed by atoms with Crippen molar-refractivity contribution in [3.8, 4) is 0 Å². The van der Waals surface area contributed by atoms with Crippen molar-refractivity contribution in [2.75, 3.05) is 11.9 Å². The smallest absolute Gasteiger partial charge is 0.255 e. The maximum atomic E-state index is 11.4. The molecule has 0 radical (unpaired) electrons. The first kappa shape index (κ1) is 11.1. The Hall–Kier alpha value is -1.35. The fraction of sp³-hybridized carbons (Fsp3) is 0.462. The monoisotopic (exact) mass is 219 g/mol. The molecule has 1 aromatic rings. The Kier molecular flexibility index (Phi) is 2.72. The summed E-state index contributed by atoms with van der Waals surface area (Å²) >= 11 is 0.